The number of hydrogen-bond acceptors (Lipinski definition) is 11. The molecule has 0 amide bonds. The molecule has 18 heteroatoms. The molecule has 2 atom stereocenters. The molecule has 2 aromatic rings. The van der Waals surface area contributed by atoms with Gasteiger partial charge in [0.05, 0.1) is 25.4 Å². The zero-order valence-electron chi connectivity index (χ0n) is 27.9. The molecular weight excluding hydrogens is 655 g/mol. The van der Waals surface area contributed by atoms with Gasteiger partial charge in [-0.3, -0.25) is 4.79 Å². The van der Waals surface area contributed by atoms with Crippen molar-refractivity contribution in [2.45, 2.75) is 90.0 Å². The number of nitrogens with zero attached hydrogens (tertiary/aromatic N) is 6. The molecule has 49 heavy (non-hydrogen) atoms. The van der Waals surface area contributed by atoms with E-state index in [0.29, 0.717) is 51.7 Å². The SMILES string of the molecule is C=CCCn1c(=O)n(CCC2CO2)c(=O)n(CCC2CO2)c1=O.C=CCCn1c(=O)n(CCC=C)c(=O)n(CCC=C)c1=O.O=CO[O-].[Na+]. The van der Waals surface area contributed by atoms with E-state index in [0.717, 1.165) is 27.4 Å². The predicted octanol–water partition coefficient (Wildman–Crippen LogP) is -4.34. The van der Waals surface area contributed by atoms with Gasteiger partial charge in [0.25, 0.3) is 6.47 Å². The third kappa shape index (κ3) is 13.2. The number of carbonyl (C=O) groups is 1. The van der Waals surface area contributed by atoms with Crippen LogP contribution in [0.15, 0.2) is 79.4 Å². The van der Waals surface area contributed by atoms with Crippen molar-refractivity contribution in [2.75, 3.05) is 13.2 Å². The molecule has 17 nitrogen and oxygen atoms in total. The van der Waals surface area contributed by atoms with E-state index < -0.39 is 34.1 Å². The van der Waals surface area contributed by atoms with Crippen molar-refractivity contribution in [3.05, 3.63) is 114 Å². The average molecular weight is 699 g/mol. The first-order valence-corrected chi connectivity index (χ1v) is 15.4. The summed E-state index contributed by atoms with van der Waals surface area (Å²) < 4.78 is 16.9. The van der Waals surface area contributed by atoms with E-state index in [9.17, 15) is 28.8 Å². The number of allylic oxidation sites excluding steroid dienone is 4. The summed E-state index contributed by atoms with van der Waals surface area (Å²) in [4.78, 5) is 85.5. The van der Waals surface area contributed by atoms with Crippen LogP contribution < -0.4 is 69.0 Å². The molecule has 0 saturated carbocycles. The van der Waals surface area contributed by atoms with Gasteiger partial charge in [0.1, 0.15) is 0 Å². The number of hydrogen-bond donors (Lipinski definition) is 0. The first-order valence-electron chi connectivity index (χ1n) is 15.4. The van der Waals surface area contributed by atoms with Gasteiger partial charge in [-0.2, -0.15) is 0 Å². The Balaban J connectivity index is 0.000000436. The second kappa shape index (κ2) is 22.7. The van der Waals surface area contributed by atoms with Crippen LogP contribution in [0.5, 0.6) is 0 Å². The summed E-state index contributed by atoms with van der Waals surface area (Å²) in [6.07, 6.45) is 9.87. The van der Waals surface area contributed by atoms with E-state index in [2.05, 4.69) is 31.2 Å². The number of carbonyl (C=O) groups excluding carboxylic acids is 1. The Morgan fingerprint density at radius 3 is 0.918 bits per heavy atom. The Kier molecular flexibility index (Phi) is 20.0. The first kappa shape index (κ1) is 43.2. The third-order valence-corrected chi connectivity index (χ3v) is 7.19. The van der Waals surface area contributed by atoms with Crippen molar-refractivity contribution >= 4 is 6.47 Å². The summed E-state index contributed by atoms with van der Waals surface area (Å²) in [6.45, 7) is 16.9. The van der Waals surface area contributed by atoms with Crippen molar-refractivity contribution in [1.29, 1.82) is 0 Å². The van der Waals surface area contributed by atoms with E-state index in [1.807, 2.05) is 0 Å². The van der Waals surface area contributed by atoms with Gasteiger partial charge in [-0.05, 0) is 38.5 Å². The maximum atomic E-state index is 12.5. The molecule has 0 aromatic carbocycles. The fraction of sp³-hybridized carbons (Fsp3) is 0.516. The molecule has 2 aliphatic rings. The molecule has 2 aromatic heterocycles. The maximum Gasteiger partial charge on any atom is 1.00 e. The van der Waals surface area contributed by atoms with E-state index in [-0.39, 0.29) is 87.5 Å². The summed E-state index contributed by atoms with van der Waals surface area (Å²) in [5, 5.41) is 8.43. The number of epoxide rings is 2. The Hall–Kier alpha value is -3.87. The van der Waals surface area contributed by atoms with Crippen molar-refractivity contribution in [3.63, 3.8) is 0 Å². The average Bonchev–Trinajstić information content (AvgIpc) is 4.02. The second-order valence-electron chi connectivity index (χ2n) is 10.6. The van der Waals surface area contributed by atoms with Crippen LogP contribution in [0.2, 0.25) is 0 Å². The fourth-order valence-corrected chi connectivity index (χ4v) is 4.41. The monoisotopic (exact) mass is 698 g/mol. The molecule has 0 radical (unpaired) electrons. The first-order chi connectivity index (χ1) is 23.1. The van der Waals surface area contributed by atoms with Crippen molar-refractivity contribution in [3.8, 4) is 0 Å². The van der Waals surface area contributed by atoms with Crippen LogP contribution in [0.4, 0.5) is 0 Å². The van der Waals surface area contributed by atoms with Gasteiger partial charge in [0, 0.05) is 39.3 Å². The van der Waals surface area contributed by atoms with Crippen LogP contribution in [0.1, 0.15) is 38.5 Å². The third-order valence-electron chi connectivity index (χ3n) is 7.19. The fourth-order valence-electron chi connectivity index (χ4n) is 4.41. The molecule has 0 aliphatic carbocycles. The summed E-state index contributed by atoms with van der Waals surface area (Å²) in [5.74, 6) is 0. The minimum absolute atomic E-state index is 0. The molecule has 4 heterocycles. The van der Waals surface area contributed by atoms with Gasteiger partial charge < -0.3 is 19.6 Å². The van der Waals surface area contributed by atoms with Crippen LogP contribution >= 0.6 is 0 Å². The smallest absolute Gasteiger partial charge is 0.662 e. The summed E-state index contributed by atoms with van der Waals surface area (Å²) in [5.41, 5.74) is -3.39. The Bertz CT molecular complexity index is 1590. The Morgan fingerprint density at radius 2 is 0.755 bits per heavy atom. The summed E-state index contributed by atoms with van der Waals surface area (Å²) in [6, 6.07) is 0. The van der Waals surface area contributed by atoms with Crippen LogP contribution in [-0.4, -0.2) is 59.3 Å². The summed E-state index contributed by atoms with van der Waals surface area (Å²) in [7, 11) is 0. The van der Waals surface area contributed by atoms with Crippen LogP contribution in [0, 0.1) is 0 Å². The predicted molar refractivity (Wildman–Crippen MR) is 174 cm³/mol. The molecule has 2 aliphatic heterocycles. The van der Waals surface area contributed by atoms with Crippen molar-refractivity contribution in [2.24, 2.45) is 0 Å². The van der Waals surface area contributed by atoms with E-state index in [4.69, 9.17) is 19.5 Å². The van der Waals surface area contributed by atoms with Gasteiger partial charge in [-0.25, -0.2) is 56.2 Å². The molecule has 2 saturated heterocycles. The molecule has 0 N–H and O–H groups in total. The van der Waals surface area contributed by atoms with Crippen LogP contribution in [-0.2, 0) is 58.4 Å². The normalized spacial score (nSPS) is 15.2. The maximum absolute atomic E-state index is 12.5. The molecule has 2 unspecified atom stereocenters. The largest absolute Gasteiger partial charge is 1.00 e. The van der Waals surface area contributed by atoms with Gasteiger partial charge >= 0.3 is 63.7 Å². The van der Waals surface area contributed by atoms with Crippen molar-refractivity contribution in [1.82, 2.24) is 27.4 Å². The molecule has 0 spiro atoms. The number of aromatic nitrogens is 6. The molecule has 0 bridgehead atoms. The minimum atomic E-state index is -0.580. The topological polar surface area (TPSA) is 206 Å². The van der Waals surface area contributed by atoms with Gasteiger partial charge in [0.15, 0.2) is 0 Å². The number of rotatable bonds is 19. The van der Waals surface area contributed by atoms with Gasteiger partial charge in [-0.15, -0.1) is 26.3 Å². The second-order valence-corrected chi connectivity index (χ2v) is 10.6. The van der Waals surface area contributed by atoms with E-state index in [1.54, 1.807) is 24.3 Å². The summed E-state index contributed by atoms with van der Waals surface area (Å²) >= 11 is 0. The Labute approximate surface area is 303 Å². The van der Waals surface area contributed by atoms with E-state index >= 15 is 0 Å². The van der Waals surface area contributed by atoms with Crippen molar-refractivity contribution < 1.29 is 54.0 Å². The van der Waals surface area contributed by atoms with Crippen LogP contribution in [0.25, 0.3) is 0 Å². The van der Waals surface area contributed by atoms with Gasteiger partial charge in [0.2, 0.25) is 0 Å². The molecule has 4 rings (SSSR count). The standard InChI is InChI=1S/C15H21N3O5.C15H21N3O3.CH2O3.Na/c1-2-3-6-16-13(19)17(7-4-11-9-22-11)15(21)18(14(16)20)8-5-12-10-23-12;1-4-7-10-16-13(19)17(11-8-5-2)15(21)18(14(16)20)12-9-6-3;2-1-4-3;/h2,11-12H,1,3-10H2;4-6H,1-3,7-12H2;1,3H;/q;;;+1/p-1. The van der Waals surface area contributed by atoms with E-state index in [1.165, 1.54) is 0 Å². The quantitative estimate of drug-likeness (QED) is 0.0342. The molecular formula is C31H43N6NaO11. The van der Waals surface area contributed by atoms with Gasteiger partial charge in [-0.1, -0.05) is 24.3 Å². The number of ether oxygens (including phenoxy) is 2. The molecule has 264 valence electrons. The zero-order chi connectivity index (χ0) is 35.6. The Morgan fingerprint density at radius 1 is 0.551 bits per heavy atom. The minimum Gasteiger partial charge on any atom is -0.662 e. The van der Waals surface area contributed by atoms with Crippen LogP contribution in [0.3, 0.4) is 0 Å². The zero-order valence-corrected chi connectivity index (χ0v) is 29.9. The molecule has 2 fully saturated rings.